The van der Waals surface area contributed by atoms with Crippen molar-refractivity contribution in [2.75, 3.05) is 6.54 Å². The normalized spacial score (nSPS) is 13.9. The zero-order valence-electron chi connectivity index (χ0n) is 12.6. The van der Waals surface area contributed by atoms with Gasteiger partial charge in [-0.2, -0.15) is 8.78 Å². The van der Waals surface area contributed by atoms with Gasteiger partial charge in [-0.05, 0) is 36.9 Å². The van der Waals surface area contributed by atoms with Gasteiger partial charge in [-0.25, -0.2) is 8.42 Å². The minimum Gasteiger partial charge on any atom is -0.313 e. The number of hydrogen-bond acceptors (Lipinski definition) is 3. The van der Waals surface area contributed by atoms with Gasteiger partial charge in [0.2, 0.25) is 9.84 Å². The van der Waals surface area contributed by atoms with Crippen molar-refractivity contribution >= 4 is 9.84 Å². The van der Waals surface area contributed by atoms with Gasteiger partial charge >= 0.3 is 5.76 Å². The monoisotopic (exact) mass is 319 g/mol. The average molecular weight is 319 g/mol. The molecule has 0 radical (unpaired) electrons. The second kappa shape index (κ2) is 7.84. The summed E-state index contributed by atoms with van der Waals surface area (Å²) >= 11 is 0. The molecule has 0 aliphatic carbocycles. The Morgan fingerprint density at radius 1 is 1.19 bits per heavy atom. The molecule has 0 amide bonds. The Morgan fingerprint density at radius 2 is 1.81 bits per heavy atom. The minimum atomic E-state index is -4.56. The smallest absolute Gasteiger partial charge is 0.313 e. The fourth-order valence-electron chi connectivity index (χ4n) is 2.16. The molecular weight excluding hydrogens is 296 g/mol. The molecule has 0 aliphatic heterocycles. The van der Waals surface area contributed by atoms with Crippen molar-refractivity contribution in [1.82, 2.24) is 5.32 Å². The van der Waals surface area contributed by atoms with E-state index in [1.54, 1.807) is 12.1 Å². The summed E-state index contributed by atoms with van der Waals surface area (Å²) in [5.41, 5.74) is 0.445. The van der Waals surface area contributed by atoms with Crippen LogP contribution in [-0.2, 0) is 16.3 Å². The Kier molecular flexibility index (Phi) is 6.74. The molecule has 0 spiro atoms. The summed E-state index contributed by atoms with van der Waals surface area (Å²) in [5.74, 6) is -3.11. The van der Waals surface area contributed by atoms with E-state index in [9.17, 15) is 17.2 Å². The van der Waals surface area contributed by atoms with Crippen molar-refractivity contribution < 1.29 is 17.2 Å². The molecule has 0 saturated carbocycles. The maximum absolute atomic E-state index is 12.8. The first-order valence-electron chi connectivity index (χ1n) is 7.14. The molecule has 3 nitrogen and oxygen atoms in total. The highest BCUT2D eigenvalue weighted by atomic mass is 32.2. The van der Waals surface area contributed by atoms with Crippen molar-refractivity contribution in [3.8, 4) is 0 Å². The molecule has 1 unspecified atom stereocenters. The highest BCUT2D eigenvalue weighted by Crippen LogP contribution is 2.24. The molecule has 1 aromatic rings. The molecule has 0 saturated heterocycles. The van der Waals surface area contributed by atoms with Crippen LogP contribution in [0.25, 0.3) is 0 Å². The van der Waals surface area contributed by atoms with Crippen LogP contribution in [0.4, 0.5) is 8.78 Å². The second-order valence-electron chi connectivity index (χ2n) is 5.42. The lowest BCUT2D eigenvalue weighted by atomic mass is 9.96. The third-order valence-electron chi connectivity index (χ3n) is 3.41. The fraction of sp³-hybridized carbons (Fsp3) is 0.600. The summed E-state index contributed by atoms with van der Waals surface area (Å²) in [6.07, 6.45) is 1.37. The highest BCUT2D eigenvalue weighted by Gasteiger charge is 2.29. The van der Waals surface area contributed by atoms with E-state index in [0.29, 0.717) is 12.0 Å². The summed E-state index contributed by atoms with van der Waals surface area (Å²) in [5, 5.41) is 3.34. The Morgan fingerprint density at radius 3 is 2.33 bits per heavy atom. The Balaban J connectivity index is 3.08. The Hall–Kier alpha value is -1.01. The fourth-order valence-corrected chi connectivity index (χ4v) is 3.13. The van der Waals surface area contributed by atoms with Gasteiger partial charge < -0.3 is 5.32 Å². The molecule has 1 aromatic carbocycles. The predicted octanol–water partition coefficient (Wildman–Crippen LogP) is 3.25. The lowest BCUT2D eigenvalue weighted by molar-refractivity contribution is 0.234. The molecule has 120 valence electrons. The molecule has 1 atom stereocenters. The summed E-state index contributed by atoms with van der Waals surface area (Å²) in [6.45, 7) is 6.90. The third-order valence-corrected chi connectivity index (χ3v) is 4.90. The van der Waals surface area contributed by atoms with E-state index in [-0.39, 0.29) is 16.9 Å². The molecule has 0 heterocycles. The van der Waals surface area contributed by atoms with E-state index in [0.717, 1.165) is 13.0 Å². The number of nitrogens with one attached hydrogen (secondary N) is 1. The molecule has 6 heteroatoms. The summed E-state index contributed by atoms with van der Waals surface area (Å²) < 4.78 is 49.0. The van der Waals surface area contributed by atoms with Crippen LogP contribution in [0.2, 0.25) is 0 Å². The van der Waals surface area contributed by atoms with Crippen molar-refractivity contribution in [3.05, 3.63) is 29.8 Å². The highest BCUT2D eigenvalue weighted by molar-refractivity contribution is 7.91. The molecule has 1 N–H and O–H groups in total. The summed E-state index contributed by atoms with van der Waals surface area (Å²) in [6, 6.07) is 6.07. The summed E-state index contributed by atoms with van der Waals surface area (Å²) in [7, 11) is -4.56. The average Bonchev–Trinajstić information content (AvgIpc) is 2.43. The maximum Gasteiger partial charge on any atom is 0.341 e. The van der Waals surface area contributed by atoms with Gasteiger partial charge in [-0.3, -0.25) is 0 Å². The van der Waals surface area contributed by atoms with Gasteiger partial charge in [0.1, 0.15) is 0 Å². The van der Waals surface area contributed by atoms with Crippen LogP contribution in [0.15, 0.2) is 29.2 Å². The Bertz CT molecular complexity index is 544. The lowest BCUT2D eigenvalue weighted by Gasteiger charge is -2.23. The molecular formula is C15H23F2NO2S. The molecule has 0 fully saturated rings. The van der Waals surface area contributed by atoms with Crippen molar-refractivity contribution in [3.63, 3.8) is 0 Å². The lowest BCUT2D eigenvalue weighted by Crippen LogP contribution is -2.36. The zero-order valence-corrected chi connectivity index (χ0v) is 13.5. The van der Waals surface area contributed by atoms with Gasteiger partial charge in [0.15, 0.2) is 0 Å². The number of rotatable bonds is 8. The number of halogens is 2. The number of hydrogen-bond donors (Lipinski definition) is 1. The van der Waals surface area contributed by atoms with E-state index in [1.165, 1.54) is 12.1 Å². The Labute approximate surface area is 125 Å². The summed E-state index contributed by atoms with van der Waals surface area (Å²) in [4.78, 5) is -0.260. The first-order chi connectivity index (χ1) is 9.80. The van der Waals surface area contributed by atoms with E-state index >= 15 is 0 Å². The van der Waals surface area contributed by atoms with Gasteiger partial charge in [0.25, 0.3) is 0 Å². The molecule has 0 aliphatic rings. The predicted molar refractivity (Wildman–Crippen MR) is 80.3 cm³/mol. The van der Waals surface area contributed by atoms with Crippen molar-refractivity contribution in [2.45, 2.75) is 50.3 Å². The van der Waals surface area contributed by atoms with E-state index in [2.05, 4.69) is 5.32 Å². The molecule has 0 bridgehead atoms. The first kappa shape index (κ1) is 18.0. The van der Waals surface area contributed by atoms with Crippen molar-refractivity contribution in [1.29, 1.82) is 0 Å². The quantitative estimate of drug-likeness (QED) is 0.800. The number of alkyl halides is 2. The van der Waals surface area contributed by atoms with Crippen LogP contribution in [0.3, 0.4) is 0 Å². The van der Waals surface area contributed by atoms with Gasteiger partial charge in [-0.15, -0.1) is 0 Å². The zero-order chi connectivity index (χ0) is 16.0. The topological polar surface area (TPSA) is 46.2 Å². The van der Waals surface area contributed by atoms with Crippen LogP contribution >= 0.6 is 0 Å². The molecule has 21 heavy (non-hydrogen) atoms. The first-order valence-corrected chi connectivity index (χ1v) is 8.68. The van der Waals surface area contributed by atoms with Gasteiger partial charge in [-0.1, -0.05) is 39.0 Å². The van der Waals surface area contributed by atoms with Crippen LogP contribution in [0.1, 0.15) is 32.8 Å². The SMILES string of the molecule is CCCNC(Cc1ccccc1S(=O)(=O)C(F)F)C(C)C. The standard InChI is InChI=1S/C15H23F2NO2S/c1-4-9-18-13(11(2)3)10-12-7-5-6-8-14(12)21(19,20)15(16)17/h5-8,11,13,15,18H,4,9-10H2,1-3H3. The maximum atomic E-state index is 12.8. The number of benzene rings is 1. The van der Waals surface area contributed by atoms with Crippen molar-refractivity contribution in [2.24, 2.45) is 5.92 Å². The minimum absolute atomic E-state index is 0.0546. The molecule has 1 rings (SSSR count). The van der Waals surface area contributed by atoms with Crippen LogP contribution in [0, 0.1) is 5.92 Å². The second-order valence-corrected chi connectivity index (χ2v) is 7.31. The van der Waals surface area contributed by atoms with E-state index in [1.807, 2.05) is 20.8 Å². The number of sulfone groups is 1. The van der Waals surface area contributed by atoms with Gasteiger partial charge in [0, 0.05) is 6.04 Å². The van der Waals surface area contributed by atoms with Crippen LogP contribution in [-0.4, -0.2) is 26.8 Å². The largest absolute Gasteiger partial charge is 0.341 e. The van der Waals surface area contributed by atoms with E-state index < -0.39 is 15.6 Å². The van der Waals surface area contributed by atoms with Crippen LogP contribution in [0.5, 0.6) is 0 Å². The van der Waals surface area contributed by atoms with Gasteiger partial charge in [0.05, 0.1) is 4.90 Å². The molecule has 0 aromatic heterocycles. The third kappa shape index (κ3) is 4.74. The van der Waals surface area contributed by atoms with E-state index in [4.69, 9.17) is 0 Å². The van der Waals surface area contributed by atoms with Crippen LogP contribution < -0.4 is 5.32 Å².